The number of nitrogens with zero attached hydrogens (tertiary/aromatic N) is 2. The van der Waals surface area contributed by atoms with Crippen molar-refractivity contribution in [3.8, 4) is 11.1 Å². The van der Waals surface area contributed by atoms with Crippen molar-refractivity contribution in [3.05, 3.63) is 29.6 Å². The fourth-order valence-corrected chi connectivity index (χ4v) is 2.05. The fraction of sp³-hybridized carbons (Fsp3) is 0.0833. The maximum Gasteiger partial charge on any atom is 0.354 e. The summed E-state index contributed by atoms with van der Waals surface area (Å²) in [5, 5.41) is 19.9. The van der Waals surface area contributed by atoms with E-state index in [0.717, 1.165) is 0 Å². The summed E-state index contributed by atoms with van der Waals surface area (Å²) in [6, 6.07) is 5.19. The number of fused-ring (bicyclic) bond motifs is 1. The molecule has 2 aromatic heterocycles. The van der Waals surface area contributed by atoms with E-state index in [1.807, 2.05) is 0 Å². The van der Waals surface area contributed by atoms with Crippen LogP contribution in [0.2, 0.25) is 0 Å². The van der Waals surface area contributed by atoms with E-state index in [4.69, 9.17) is 15.4 Å². The predicted octanol–water partition coefficient (Wildman–Crippen LogP) is 1.81. The van der Waals surface area contributed by atoms with Gasteiger partial charge in [-0.3, -0.25) is 5.10 Å². The summed E-state index contributed by atoms with van der Waals surface area (Å²) in [6.07, 6.45) is 0. The second-order valence-electron chi connectivity index (χ2n) is 4.14. The Bertz CT molecular complexity index is 787. The van der Waals surface area contributed by atoms with Gasteiger partial charge in [0.15, 0.2) is 17.1 Å². The third-order valence-electron chi connectivity index (χ3n) is 2.95. The minimum atomic E-state index is -1.06. The van der Waals surface area contributed by atoms with Gasteiger partial charge in [0.2, 0.25) is 0 Å². The van der Waals surface area contributed by atoms with Crippen molar-refractivity contribution >= 4 is 22.8 Å². The first-order valence-electron chi connectivity index (χ1n) is 5.51. The van der Waals surface area contributed by atoms with E-state index in [-0.39, 0.29) is 11.5 Å². The molecule has 0 aliphatic rings. The summed E-state index contributed by atoms with van der Waals surface area (Å²) in [5.74, 6) is -0.788. The number of aromatic nitrogens is 3. The van der Waals surface area contributed by atoms with E-state index in [2.05, 4.69) is 15.4 Å². The SMILES string of the molecule is Cc1n[nH]c(C(=O)O)c1-c1ccc2onc(N)c2c1. The van der Waals surface area contributed by atoms with Crippen LogP contribution in [-0.4, -0.2) is 26.4 Å². The molecular formula is C12H10N4O3. The van der Waals surface area contributed by atoms with Gasteiger partial charge in [0.25, 0.3) is 0 Å². The number of aromatic carboxylic acids is 1. The number of hydrogen-bond donors (Lipinski definition) is 3. The number of nitrogen functional groups attached to an aromatic ring is 1. The van der Waals surface area contributed by atoms with Crippen molar-refractivity contribution < 1.29 is 14.4 Å². The van der Waals surface area contributed by atoms with Crippen molar-refractivity contribution in [1.29, 1.82) is 0 Å². The van der Waals surface area contributed by atoms with Gasteiger partial charge in [-0.1, -0.05) is 11.2 Å². The van der Waals surface area contributed by atoms with Crippen molar-refractivity contribution in [3.63, 3.8) is 0 Å². The van der Waals surface area contributed by atoms with Gasteiger partial charge >= 0.3 is 5.97 Å². The number of H-pyrrole nitrogens is 1. The number of aromatic amines is 1. The van der Waals surface area contributed by atoms with Crippen LogP contribution in [0.5, 0.6) is 0 Å². The highest BCUT2D eigenvalue weighted by Crippen LogP contribution is 2.30. The molecule has 0 bridgehead atoms. The summed E-state index contributed by atoms with van der Waals surface area (Å²) in [5.41, 5.74) is 8.13. The van der Waals surface area contributed by atoms with Crippen LogP contribution in [-0.2, 0) is 0 Å². The highest BCUT2D eigenvalue weighted by Gasteiger charge is 2.18. The number of benzene rings is 1. The molecule has 0 aliphatic heterocycles. The maximum atomic E-state index is 11.2. The average molecular weight is 258 g/mol. The van der Waals surface area contributed by atoms with Crippen LogP contribution < -0.4 is 5.73 Å². The van der Waals surface area contributed by atoms with E-state index in [1.165, 1.54) is 0 Å². The third-order valence-corrected chi connectivity index (χ3v) is 2.95. The number of carboxylic acids is 1. The maximum absolute atomic E-state index is 11.2. The van der Waals surface area contributed by atoms with Crippen molar-refractivity contribution in [2.24, 2.45) is 0 Å². The van der Waals surface area contributed by atoms with Crippen molar-refractivity contribution in [2.45, 2.75) is 6.92 Å². The van der Waals surface area contributed by atoms with E-state index in [1.54, 1.807) is 25.1 Å². The summed E-state index contributed by atoms with van der Waals surface area (Å²) in [6.45, 7) is 1.74. The number of aryl methyl sites for hydroxylation is 1. The number of anilines is 1. The van der Waals surface area contributed by atoms with Crippen LogP contribution in [0.4, 0.5) is 5.82 Å². The van der Waals surface area contributed by atoms with Crippen LogP contribution in [0.25, 0.3) is 22.1 Å². The Hall–Kier alpha value is -2.83. The lowest BCUT2D eigenvalue weighted by atomic mass is 10.0. The molecule has 0 fully saturated rings. The van der Waals surface area contributed by atoms with E-state index in [0.29, 0.717) is 27.8 Å². The average Bonchev–Trinajstić information content (AvgIpc) is 2.93. The molecule has 0 unspecified atom stereocenters. The van der Waals surface area contributed by atoms with Gasteiger partial charge in [-0.15, -0.1) is 0 Å². The minimum Gasteiger partial charge on any atom is -0.477 e. The monoisotopic (exact) mass is 258 g/mol. The second-order valence-corrected chi connectivity index (χ2v) is 4.14. The first kappa shape index (κ1) is 11.3. The largest absolute Gasteiger partial charge is 0.477 e. The topological polar surface area (TPSA) is 118 Å². The third kappa shape index (κ3) is 1.63. The Balaban J connectivity index is 2.26. The molecule has 0 aliphatic carbocycles. The van der Waals surface area contributed by atoms with Gasteiger partial charge in [-0.25, -0.2) is 4.79 Å². The first-order chi connectivity index (χ1) is 9.08. The Kier molecular flexibility index (Phi) is 2.28. The molecule has 0 saturated carbocycles. The van der Waals surface area contributed by atoms with Crippen LogP contribution >= 0.6 is 0 Å². The highest BCUT2D eigenvalue weighted by molar-refractivity contribution is 5.97. The Morgan fingerprint density at radius 3 is 3.00 bits per heavy atom. The van der Waals surface area contributed by atoms with Gasteiger partial charge in [0.05, 0.1) is 11.1 Å². The van der Waals surface area contributed by atoms with E-state index in [9.17, 15) is 4.79 Å². The Morgan fingerprint density at radius 1 is 1.47 bits per heavy atom. The van der Waals surface area contributed by atoms with Crippen LogP contribution in [0.15, 0.2) is 22.7 Å². The van der Waals surface area contributed by atoms with Crippen molar-refractivity contribution in [2.75, 3.05) is 5.73 Å². The summed E-state index contributed by atoms with van der Waals surface area (Å²) < 4.78 is 5.01. The molecule has 7 nitrogen and oxygen atoms in total. The number of nitrogens with one attached hydrogen (secondary N) is 1. The number of carbonyl (C=O) groups is 1. The molecule has 0 atom stereocenters. The number of hydrogen-bond acceptors (Lipinski definition) is 5. The molecule has 2 heterocycles. The molecular weight excluding hydrogens is 248 g/mol. The lowest BCUT2D eigenvalue weighted by Gasteiger charge is -2.01. The molecule has 7 heteroatoms. The Labute approximate surface area is 107 Å². The van der Waals surface area contributed by atoms with Gasteiger partial charge in [0.1, 0.15) is 0 Å². The summed E-state index contributed by atoms with van der Waals surface area (Å²) in [4.78, 5) is 11.2. The molecule has 1 aromatic carbocycles. The molecule has 0 radical (unpaired) electrons. The predicted molar refractivity (Wildman–Crippen MR) is 67.7 cm³/mol. The number of rotatable bonds is 2. The quantitative estimate of drug-likeness (QED) is 0.645. The fourth-order valence-electron chi connectivity index (χ4n) is 2.05. The minimum absolute atomic E-state index is 0.0480. The first-order valence-corrected chi connectivity index (χ1v) is 5.51. The van der Waals surface area contributed by atoms with Crippen molar-refractivity contribution in [1.82, 2.24) is 15.4 Å². The molecule has 0 spiro atoms. The van der Waals surface area contributed by atoms with Gasteiger partial charge < -0.3 is 15.4 Å². The Morgan fingerprint density at radius 2 is 2.26 bits per heavy atom. The lowest BCUT2D eigenvalue weighted by Crippen LogP contribution is -1.99. The van der Waals surface area contributed by atoms with Crippen LogP contribution in [0.3, 0.4) is 0 Å². The smallest absolute Gasteiger partial charge is 0.354 e. The van der Waals surface area contributed by atoms with Crippen LogP contribution in [0, 0.1) is 6.92 Å². The van der Waals surface area contributed by atoms with E-state index >= 15 is 0 Å². The standard InChI is InChI=1S/C12H10N4O3/c1-5-9(10(12(17)18)15-14-5)6-2-3-8-7(4-6)11(13)16-19-8/h2-4H,1H3,(H2,13,16)(H,14,15)(H,17,18). The van der Waals surface area contributed by atoms with Gasteiger partial charge in [0, 0.05) is 5.56 Å². The van der Waals surface area contributed by atoms with Gasteiger partial charge in [-0.05, 0) is 24.6 Å². The zero-order valence-corrected chi connectivity index (χ0v) is 9.97. The molecule has 96 valence electrons. The van der Waals surface area contributed by atoms with Gasteiger partial charge in [-0.2, -0.15) is 5.10 Å². The zero-order chi connectivity index (χ0) is 13.6. The zero-order valence-electron chi connectivity index (χ0n) is 9.97. The number of nitrogens with two attached hydrogens (primary N) is 1. The summed E-state index contributed by atoms with van der Waals surface area (Å²) >= 11 is 0. The highest BCUT2D eigenvalue weighted by atomic mass is 16.5. The normalized spacial score (nSPS) is 11.0. The molecule has 3 aromatic rings. The number of carboxylic acid groups (broad SMARTS) is 1. The van der Waals surface area contributed by atoms with E-state index < -0.39 is 5.97 Å². The lowest BCUT2D eigenvalue weighted by molar-refractivity contribution is 0.0691. The van der Waals surface area contributed by atoms with Crippen LogP contribution in [0.1, 0.15) is 16.2 Å². The molecule has 0 amide bonds. The molecule has 3 rings (SSSR count). The second kappa shape index (κ2) is 3.84. The molecule has 0 saturated heterocycles. The molecule has 4 N–H and O–H groups in total. The summed E-state index contributed by atoms with van der Waals surface area (Å²) in [7, 11) is 0. The molecule has 19 heavy (non-hydrogen) atoms.